The van der Waals surface area contributed by atoms with E-state index in [9.17, 15) is 4.79 Å². The number of amides is 1. The van der Waals surface area contributed by atoms with Gasteiger partial charge in [0.25, 0.3) is 5.91 Å². The summed E-state index contributed by atoms with van der Waals surface area (Å²) in [6, 6.07) is 21.7. The third-order valence-corrected chi connectivity index (χ3v) is 5.84. The minimum absolute atomic E-state index is 0.248. The van der Waals surface area contributed by atoms with Crippen LogP contribution in [-0.2, 0) is 6.61 Å². The first-order valence-corrected chi connectivity index (χ1v) is 11.7. The summed E-state index contributed by atoms with van der Waals surface area (Å²) in [5.41, 5.74) is 7.26. The van der Waals surface area contributed by atoms with Crippen LogP contribution in [-0.4, -0.2) is 25.2 Å². The Kier molecular flexibility index (Phi) is 8.67. The van der Waals surface area contributed by atoms with Crippen LogP contribution in [0.4, 0.5) is 5.69 Å². The highest BCUT2D eigenvalue weighted by atomic mass is 127. The Balaban J connectivity index is 1.77. The summed E-state index contributed by atoms with van der Waals surface area (Å²) >= 11 is 2.29. The third-order valence-electron chi connectivity index (χ3n) is 5.12. The molecule has 6 heteroatoms. The Hall–Kier alpha value is -2.87. The average molecular weight is 541 g/mol. The van der Waals surface area contributed by atoms with Crippen molar-refractivity contribution in [3.8, 4) is 5.75 Å². The molecule has 0 unspecified atom stereocenters. The Labute approximate surface area is 203 Å². The van der Waals surface area contributed by atoms with Gasteiger partial charge in [-0.15, -0.1) is 0 Å². The van der Waals surface area contributed by atoms with E-state index >= 15 is 0 Å². The number of ether oxygens (including phenoxy) is 1. The summed E-state index contributed by atoms with van der Waals surface area (Å²) in [7, 11) is 0. The Morgan fingerprint density at radius 3 is 2.38 bits per heavy atom. The van der Waals surface area contributed by atoms with E-state index in [1.807, 2.05) is 37.3 Å². The molecular weight excluding hydrogens is 513 g/mol. The van der Waals surface area contributed by atoms with Gasteiger partial charge in [-0.3, -0.25) is 4.79 Å². The zero-order valence-electron chi connectivity index (χ0n) is 18.6. The highest BCUT2D eigenvalue weighted by Crippen LogP contribution is 2.26. The van der Waals surface area contributed by atoms with Crippen molar-refractivity contribution in [3.63, 3.8) is 0 Å². The topological polar surface area (TPSA) is 53.9 Å². The molecule has 1 N–H and O–H groups in total. The largest absolute Gasteiger partial charge is 0.488 e. The first kappa shape index (κ1) is 23.8. The number of hydrogen-bond acceptors (Lipinski definition) is 4. The lowest BCUT2D eigenvalue weighted by molar-refractivity contribution is 0.0955. The van der Waals surface area contributed by atoms with Crippen LogP contribution in [0, 0.1) is 10.5 Å². The molecule has 0 heterocycles. The van der Waals surface area contributed by atoms with E-state index < -0.39 is 0 Å². The number of hydrogen-bond donors (Lipinski definition) is 1. The maximum Gasteiger partial charge on any atom is 0.271 e. The van der Waals surface area contributed by atoms with Gasteiger partial charge in [-0.1, -0.05) is 29.8 Å². The monoisotopic (exact) mass is 541 g/mol. The van der Waals surface area contributed by atoms with Gasteiger partial charge in [-0.25, -0.2) is 5.43 Å². The zero-order chi connectivity index (χ0) is 22.9. The van der Waals surface area contributed by atoms with Crippen LogP contribution < -0.4 is 15.1 Å². The van der Waals surface area contributed by atoms with Crippen molar-refractivity contribution in [1.82, 2.24) is 5.43 Å². The lowest BCUT2D eigenvalue weighted by Gasteiger charge is -2.22. The van der Waals surface area contributed by atoms with E-state index in [2.05, 4.69) is 76.1 Å². The van der Waals surface area contributed by atoms with Gasteiger partial charge in [0.1, 0.15) is 12.4 Å². The van der Waals surface area contributed by atoms with Crippen LogP contribution in [0.25, 0.3) is 0 Å². The van der Waals surface area contributed by atoms with Crippen LogP contribution in [0.1, 0.15) is 40.9 Å². The number of halogens is 1. The predicted molar refractivity (Wildman–Crippen MR) is 140 cm³/mol. The summed E-state index contributed by atoms with van der Waals surface area (Å²) in [6.07, 6.45) is 1.63. The lowest BCUT2D eigenvalue weighted by atomic mass is 10.1. The fourth-order valence-corrected chi connectivity index (χ4v) is 3.57. The minimum Gasteiger partial charge on any atom is -0.488 e. The molecule has 0 atom stereocenters. The van der Waals surface area contributed by atoms with Gasteiger partial charge in [0, 0.05) is 39.5 Å². The number of carbonyl (C=O) groups is 1. The molecule has 0 spiro atoms. The maximum atomic E-state index is 12.3. The maximum absolute atomic E-state index is 12.3. The van der Waals surface area contributed by atoms with Crippen LogP contribution in [0.5, 0.6) is 5.75 Å². The van der Waals surface area contributed by atoms with Crippen molar-refractivity contribution in [2.24, 2.45) is 5.10 Å². The molecule has 0 bridgehead atoms. The Morgan fingerprint density at radius 1 is 1.03 bits per heavy atom. The van der Waals surface area contributed by atoms with Gasteiger partial charge in [-0.2, -0.15) is 5.10 Å². The number of hydrazone groups is 1. The minimum atomic E-state index is -0.248. The van der Waals surface area contributed by atoms with Gasteiger partial charge in [0.05, 0.1) is 6.21 Å². The van der Waals surface area contributed by atoms with Gasteiger partial charge in [-0.05, 0) is 85.3 Å². The molecule has 3 aromatic rings. The molecular formula is C26H28IN3O2. The van der Waals surface area contributed by atoms with E-state index in [0.717, 1.165) is 41.2 Å². The first-order valence-electron chi connectivity index (χ1n) is 10.7. The van der Waals surface area contributed by atoms with E-state index in [0.29, 0.717) is 12.2 Å². The first-order chi connectivity index (χ1) is 15.5. The predicted octanol–water partition coefficient (Wildman–Crippen LogP) is 5.79. The molecule has 0 fully saturated rings. The fraction of sp³-hybridized carbons (Fsp3) is 0.231. The second-order valence-electron chi connectivity index (χ2n) is 7.37. The molecule has 0 aliphatic carbocycles. The molecule has 0 saturated heterocycles. The number of nitrogens with zero attached hydrogens (tertiary/aromatic N) is 2. The van der Waals surface area contributed by atoms with E-state index in [-0.39, 0.29) is 5.91 Å². The summed E-state index contributed by atoms with van der Waals surface area (Å²) in [6.45, 7) is 8.52. The molecule has 3 rings (SSSR count). The van der Waals surface area contributed by atoms with E-state index in [1.165, 1.54) is 3.57 Å². The molecule has 166 valence electrons. The highest BCUT2D eigenvalue weighted by Gasteiger charge is 2.09. The lowest BCUT2D eigenvalue weighted by Crippen LogP contribution is -2.21. The fourth-order valence-electron chi connectivity index (χ4n) is 3.21. The number of aryl methyl sites for hydroxylation is 1. The van der Waals surface area contributed by atoms with Gasteiger partial charge >= 0.3 is 0 Å². The summed E-state index contributed by atoms with van der Waals surface area (Å²) in [4.78, 5) is 14.6. The van der Waals surface area contributed by atoms with Crippen molar-refractivity contribution in [2.45, 2.75) is 27.4 Å². The second-order valence-corrected chi connectivity index (χ2v) is 8.62. The number of benzene rings is 3. The van der Waals surface area contributed by atoms with Crippen molar-refractivity contribution in [2.75, 3.05) is 18.0 Å². The number of nitrogens with one attached hydrogen (secondary N) is 1. The number of anilines is 1. The van der Waals surface area contributed by atoms with Crippen molar-refractivity contribution in [1.29, 1.82) is 0 Å². The molecule has 0 radical (unpaired) electrons. The van der Waals surface area contributed by atoms with E-state index in [4.69, 9.17) is 4.74 Å². The normalized spacial score (nSPS) is 10.9. The molecule has 0 saturated carbocycles. The smallest absolute Gasteiger partial charge is 0.271 e. The third kappa shape index (κ3) is 6.56. The Morgan fingerprint density at radius 2 is 1.72 bits per heavy atom. The SMILES string of the molecule is CCN(CC)c1ccc(/C=N\NC(=O)c2ccc(C)cc2)c(OCc2ccc(I)cc2)c1. The Bertz CT molecular complexity index is 1060. The number of carbonyl (C=O) groups excluding carboxylic acids is 1. The molecule has 1 amide bonds. The van der Waals surface area contributed by atoms with E-state index in [1.54, 1.807) is 18.3 Å². The molecule has 0 aromatic heterocycles. The van der Waals surface area contributed by atoms with Gasteiger partial charge < -0.3 is 9.64 Å². The highest BCUT2D eigenvalue weighted by molar-refractivity contribution is 14.1. The zero-order valence-corrected chi connectivity index (χ0v) is 20.8. The van der Waals surface area contributed by atoms with Crippen LogP contribution in [0.3, 0.4) is 0 Å². The molecule has 32 heavy (non-hydrogen) atoms. The van der Waals surface area contributed by atoms with Crippen molar-refractivity contribution >= 4 is 40.4 Å². The van der Waals surface area contributed by atoms with Crippen molar-refractivity contribution in [3.05, 3.63) is 92.6 Å². The summed E-state index contributed by atoms with van der Waals surface area (Å²) < 4.78 is 7.35. The van der Waals surface area contributed by atoms with Crippen molar-refractivity contribution < 1.29 is 9.53 Å². The number of rotatable bonds is 9. The van der Waals surface area contributed by atoms with Crippen LogP contribution >= 0.6 is 22.6 Å². The second kappa shape index (κ2) is 11.7. The average Bonchev–Trinajstić information content (AvgIpc) is 2.81. The summed E-state index contributed by atoms with van der Waals surface area (Å²) in [5.74, 6) is 0.476. The standard InChI is InChI=1S/C26H28IN3O2/c1-4-30(5-2)24-15-12-22(17-28-29-26(31)21-10-6-19(3)7-11-21)25(16-24)32-18-20-8-13-23(27)14-9-20/h6-17H,4-5,18H2,1-3H3,(H,29,31)/b28-17-. The van der Waals surface area contributed by atoms with Crippen LogP contribution in [0.2, 0.25) is 0 Å². The van der Waals surface area contributed by atoms with Gasteiger partial charge in [0.2, 0.25) is 0 Å². The summed E-state index contributed by atoms with van der Waals surface area (Å²) in [5, 5.41) is 4.16. The quantitative estimate of drug-likeness (QED) is 0.212. The molecule has 0 aliphatic heterocycles. The van der Waals surface area contributed by atoms with Crippen LogP contribution in [0.15, 0.2) is 71.8 Å². The molecule has 3 aromatic carbocycles. The van der Waals surface area contributed by atoms with Gasteiger partial charge in [0.15, 0.2) is 0 Å². The molecule has 5 nitrogen and oxygen atoms in total. The molecule has 0 aliphatic rings.